The predicted octanol–water partition coefficient (Wildman–Crippen LogP) is 2.65. The molecule has 1 aliphatic rings. The van der Waals surface area contributed by atoms with Crippen molar-refractivity contribution in [3.05, 3.63) is 59.7 Å². The number of nitrogens with two attached hydrogens (primary N) is 1. The molecule has 0 fully saturated rings. The van der Waals surface area contributed by atoms with Crippen molar-refractivity contribution >= 4 is 11.6 Å². The van der Waals surface area contributed by atoms with E-state index in [9.17, 15) is 4.79 Å². The number of benzene rings is 2. The zero-order valence-electron chi connectivity index (χ0n) is 11.7. The van der Waals surface area contributed by atoms with E-state index in [1.807, 2.05) is 48.5 Å². The minimum absolute atomic E-state index is 0.0715. The Morgan fingerprint density at radius 2 is 1.95 bits per heavy atom. The van der Waals surface area contributed by atoms with E-state index in [-0.39, 0.29) is 11.9 Å². The van der Waals surface area contributed by atoms with Crippen LogP contribution in [0, 0.1) is 0 Å². The predicted molar refractivity (Wildman–Crippen MR) is 82.3 cm³/mol. The van der Waals surface area contributed by atoms with Gasteiger partial charge in [0.1, 0.15) is 12.4 Å². The van der Waals surface area contributed by atoms with Crippen LogP contribution in [0.4, 0.5) is 5.69 Å². The van der Waals surface area contributed by atoms with E-state index in [4.69, 9.17) is 10.5 Å². The minimum atomic E-state index is -0.151. The zero-order valence-corrected chi connectivity index (χ0v) is 11.7. The van der Waals surface area contributed by atoms with Crippen LogP contribution in [-0.4, -0.2) is 12.5 Å². The van der Waals surface area contributed by atoms with Crippen LogP contribution in [0.2, 0.25) is 0 Å². The van der Waals surface area contributed by atoms with Crippen molar-refractivity contribution in [1.29, 1.82) is 0 Å². The van der Waals surface area contributed by atoms with Gasteiger partial charge in [-0.25, -0.2) is 0 Å². The quantitative estimate of drug-likeness (QED) is 0.906. The molecule has 4 nitrogen and oxygen atoms in total. The van der Waals surface area contributed by atoms with Gasteiger partial charge in [0.2, 0.25) is 5.91 Å². The molecule has 0 aliphatic carbocycles. The normalized spacial score (nSPS) is 15.0. The number of amides is 1. The first-order chi connectivity index (χ1) is 10.2. The molecule has 3 N–H and O–H groups in total. The van der Waals surface area contributed by atoms with E-state index in [1.165, 1.54) is 0 Å². The molecule has 2 aromatic carbocycles. The van der Waals surface area contributed by atoms with Crippen molar-refractivity contribution in [2.45, 2.75) is 18.9 Å². The highest BCUT2D eigenvalue weighted by Gasteiger charge is 2.15. The Hall–Kier alpha value is -2.33. The molecule has 21 heavy (non-hydrogen) atoms. The number of hydrogen-bond donors (Lipinski definition) is 2. The van der Waals surface area contributed by atoms with E-state index in [0.29, 0.717) is 13.0 Å². The summed E-state index contributed by atoms with van der Waals surface area (Å²) in [6.07, 6.45) is 1.28. The van der Waals surface area contributed by atoms with E-state index in [1.54, 1.807) is 0 Å². The summed E-state index contributed by atoms with van der Waals surface area (Å²) < 4.78 is 5.78. The number of fused-ring (bicyclic) bond motifs is 1. The summed E-state index contributed by atoms with van der Waals surface area (Å²) in [5.74, 6) is 0.860. The van der Waals surface area contributed by atoms with E-state index in [2.05, 4.69) is 5.32 Å². The van der Waals surface area contributed by atoms with E-state index in [0.717, 1.165) is 29.0 Å². The molecule has 1 unspecified atom stereocenters. The molecular weight excluding hydrogens is 264 g/mol. The molecule has 2 aromatic rings. The van der Waals surface area contributed by atoms with Crippen LogP contribution in [0.25, 0.3) is 0 Å². The maximum absolute atomic E-state index is 11.3. The smallest absolute Gasteiger partial charge is 0.224 e. The number of carbonyl (C=O) groups excluding carboxylic acids is 1. The van der Waals surface area contributed by atoms with Gasteiger partial charge in [-0.1, -0.05) is 30.3 Å². The molecule has 0 spiro atoms. The van der Waals surface area contributed by atoms with Gasteiger partial charge in [-0.3, -0.25) is 4.79 Å². The average molecular weight is 282 g/mol. The number of rotatable bonds is 4. The Bertz CT molecular complexity index is 640. The molecule has 1 aliphatic heterocycles. The summed E-state index contributed by atoms with van der Waals surface area (Å²) in [7, 11) is 0. The van der Waals surface area contributed by atoms with Crippen LogP contribution in [0.1, 0.15) is 23.6 Å². The van der Waals surface area contributed by atoms with Crippen LogP contribution in [-0.2, 0) is 11.2 Å². The number of nitrogens with one attached hydrogen (secondary N) is 1. The molecule has 0 aromatic heterocycles. The molecular formula is C17H18N2O2. The fourth-order valence-corrected chi connectivity index (χ4v) is 2.43. The van der Waals surface area contributed by atoms with Crippen molar-refractivity contribution in [2.24, 2.45) is 5.73 Å². The average Bonchev–Trinajstić information content (AvgIpc) is 2.53. The molecule has 0 bridgehead atoms. The number of carbonyl (C=O) groups is 1. The van der Waals surface area contributed by atoms with Crippen LogP contribution in [0.5, 0.6) is 5.75 Å². The molecule has 3 rings (SSSR count). The van der Waals surface area contributed by atoms with Crippen molar-refractivity contribution in [2.75, 3.05) is 11.9 Å². The molecule has 0 saturated heterocycles. The maximum Gasteiger partial charge on any atom is 0.224 e. The molecule has 4 heteroatoms. The standard InChI is InChI=1S/C17H18N2O2/c18-15(12-4-2-1-3-5-12)11-21-14-7-8-16-13(10-14)6-9-17(20)19-16/h1-5,7-8,10,15H,6,9,11,18H2,(H,19,20). The van der Waals surface area contributed by atoms with Crippen molar-refractivity contribution in [3.8, 4) is 5.75 Å². The third-order valence-corrected chi connectivity index (χ3v) is 3.63. The number of aryl methyl sites for hydroxylation is 1. The zero-order chi connectivity index (χ0) is 14.7. The summed E-state index contributed by atoms with van der Waals surface area (Å²) in [6.45, 7) is 0.426. The lowest BCUT2D eigenvalue weighted by atomic mass is 10.0. The molecule has 0 saturated carbocycles. The lowest BCUT2D eigenvalue weighted by Crippen LogP contribution is -2.20. The first-order valence-corrected chi connectivity index (χ1v) is 7.08. The van der Waals surface area contributed by atoms with E-state index < -0.39 is 0 Å². The van der Waals surface area contributed by atoms with Gasteiger partial charge in [0.05, 0.1) is 6.04 Å². The molecule has 0 radical (unpaired) electrons. The maximum atomic E-state index is 11.3. The molecule has 108 valence electrons. The largest absolute Gasteiger partial charge is 0.492 e. The summed E-state index contributed by atoms with van der Waals surface area (Å²) in [5, 5.41) is 2.86. The summed E-state index contributed by atoms with van der Waals surface area (Å²) in [4.78, 5) is 11.3. The van der Waals surface area contributed by atoms with Gasteiger partial charge in [-0.15, -0.1) is 0 Å². The second-order valence-corrected chi connectivity index (χ2v) is 5.20. The van der Waals surface area contributed by atoms with Gasteiger partial charge in [-0.2, -0.15) is 0 Å². The third kappa shape index (κ3) is 3.23. The number of anilines is 1. The second-order valence-electron chi connectivity index (χ2n) is 5.20. The summed E-state index contributed by atoms with van der Waals surface area (Å²) >= 11 is 0. The third-order valence-electron chi connectivity index (χ3n) is 3.63. The highest BCUT2D eigenvalue weighted by molar-refractivity contribution is 5.93. The Morgan fingerprint density at radius 3 is 2.76 bits per heavy atom. The van der Waals surface area contributed by atoms with Crippen molar-refractivity contribution in [1.82, 2.24) is 0 Å². The summed E-state index contributed by atoms with van der Waals surface area (Å²) in [5.41, 5.74) is 9.17. The highest BCUT2D eigenvalue weighted by Crippen LogP contribution is 2.27. The lowest BCUT2D eigenvalue weighted by molar-refractivity contribution is -0.116. The monoisotopic (exact) mass is 282 g/mol. The topological polar surface area (TPSA) is 64.3 Å². The Balaban J connectivity index is 1.65. The van der Waals surface area contributed by atoms with Gasteiger partial charge in [-0.05, 0) is 35.7 Å². The molecule has 1 heterocycles. The first-order valence-electron chi connectivity index (χ1n) is 7.08. The van der Waals surface area contributed by atoms with Crippen LogP contribution in [0.3, 0.4) is 0 Å². The van der Waals surface area contributed by atoms with Gasteiger partial charge in [0, 0.05) is 12.1 Å². The van der Waals surface area contributed by atoms with E-state index >= 15 is 0 Å². The van der Waals surface area contributed by atoms with Crippen LogP contribution >= 0.6 is 0 Å². The first kappa shape index (κ1) is 13.6. The Kier molecular flexibility index (Phi) is 3.88. The van der Waals surface area contributed by atoms with Gasteiger partial charge in [0.15, 0.2) is 0 Å². The SMILES string of the molecule is NC(COc1ccc2c(c1)CCC(=O)N2)c1ccccc1. The molecule has 1 atom stereocenters. The Labute approximate surface area is 123 Å². The van der Waals surface area contributed by atoms with Crippen molar-refractivity contribution < 1.29 is 9.53 Å². The molecule has 1 amide bonds. The Morgan fingerprint density at radius 1 is 1.14 bits per heavy atom. The summed E-state index contributed by atoms with van der Waals surface area (Å²) in [6, 6.07) is 15.5. The lowest BCUT2D eigenvalue weighted by Gasteiger charge is -2.19. The number of hydrogen-bond acceptors (Lipinski definition) is 3. The van der Waals surface area contributed by atoms with Gasteiger partial charge < -0.3 is 15.8 Å². The second kappa shape index (κ2) is 5.97. The highest BCUT2D eigenvalue weighted by atomic mass is 16.5. The fourth-order valence-electron chi connectivity index (χ4n) is 2.43. The van der Waals surface area contributed by atoms with Crippen LogP contribution in [0.15, 0.2) is 48.5 Å². The fraction of sp³-hybridized carbons (Fsp3) is 0.235. The van der Waals surface area contributed by atoms with Gasteiger partial charge in [0.25, 0.3) is 0 Å². The number of ether oxygens (including phenoxy) is 1. The van der Waals surface area contributed by atoms with Crippen molar-refractivity contribution in [3.63, 3.8) is 0 Å². The van der Waals surface area contributed by atoms with Gasteiger partial charge >= 0.3 is 0 Å². The minimum Gasteiger partial charge on any atom is -0.492 e. The van der Waals surface area contributed by atoms with Crippen LogP contribution < -0.4 is 15.8 Å².